The van der Waals surface area contributed by atoms with Crippen LogP contribution in [-0.4, -0.2) is 5.75 Å². The van der Waals surface area contributed by atoms with Gasteiger partial charge in [-0.05, 0) is 17.9 Å². The van der Waals surface area contributed by atoms with E-state index in [2.05, 4.69) is 46.4 Å². The molecule has 13 heavy (non-hydrogen) atoms. The summed E-state index contributed by atoms with van der Waals surface area (Å²) in [5.41, 5.74) is 0. The lowest BCUT2D eigenvalue weighted by molar-refractivity contribution is 1.50. The van der Waals surface area contributed by atoms with E-state index < -0.39 is 0 Å². The fraction of sp³-hybridized carbons (Fsp3) is 0.200. The van der Waals surface area contributed by atoms with Crippen molar-refractivity contribution in [1.29, 1.82) is 0 Å². The van der Waals surface area contributed by atoms with E-state index in [1.165, 1.54) is 15.0 Å². The first-order chi connectivity index (χ1) is 6.31. The Morgan fingerprint density at radius 2 is 2.31 bits per heavy atom. The number of halogens is 1. The highest BCUT2D eigenvalue weighted by molar-refractivity contribution is 9.10. The normalized spacial score (nSPS) is 10.9. The Morgan fingerprint density at radius 3 is 3.08 bits per heavy atom. The number of hydrogen-bond donors (Lipinski definition) is 0. The van der Waals surface area contributed by atoms with Crippen molar-refractivity contribution in [3.05, 3.63) is 28.1 Å². The summed E-state index contributed by atoms with van der Waals surface area (Å²) in [5.74, 6) is 1.14. The molecule has 0 bridgehead atoms. The molecule has 0 aliphatic heterocycles. The molecule has 3 heteroatoms. The Labute approximate surface area is 94.5 Å². The Bertz CT molecular complexity index is 420. The zero-order chi connectivity index (χ0) is 9.26. The van der Waals surface area contributed by atoms with E-state index in [-0.39, 0.29) is 0 Å². The molecule has 1 heterocycles. The van der Waals surface area contributed by atoms with Crippen LogP contribution in [0, 0.1) is 0 Å². The maximum Gasteiger partial charge on any atom is 0.0365 e. The average molecular weight is 273 g/mol. The van der Waals surface area contributed by atoms with Gasteiger partial charge in [-0.1, -0.05) is 28.9 Å². The van der Waals surface area contributed by atoms with Crippen molar-refractivity contribution in [1.82, 2.24) is 0 Å². The van der Waals surface area contributed by atoms with Crippen LogP contribution >= 0.6 is 39.0 Å². The van der Waals surface area contributed by atoms with Crippen molar-refractivity contribution >= 4 is 49.1 Å². The van der Waals surface area contributed by atoms with Crippen LogP contribution in [-0.2, 0) is 0 Å². The second-order valence-electron chi connectivity index (χ2n) is 2.67. The minimum absolute atomic E-state index is 1.14. The molecule has 0 radical (unpaired) electrons. The van der Waals surface area contributed by atoms with Crippen LogP contribution in [0.3, 0.4) is 0 Å². The summed E-state index contributed by atoms with van der Waals surface area (Å²) in [4.78, 5) is 1.41. The van der Waals surface area contributed by atoms with Gasteiger partial charge in [-0.25, -0.2) is 0 Å². The van der Waals surface area contributed by atoms with Crippen molar-refractivity contribution in [2.24, 2.45) is 0 Å². The van der Waals surface area contributed by atoms with Gasteiger partial charge in [0.1, 0.15) is 0 Å². The van der Waals surface area contributed by atoms with Gasteiger partial charge in [0.05, 0.1) is 0 Å². The lowest BCUT2D eigenvalue weighted by atomic mass is 10.3. The molecule has 1 aromatic carbocycles. The largest absolute Gasteiger partial charge is 0.143 e. The first-order valence-corrected chi connectivity index (χ1v) is 6.76. The zero-order valence-electron chi connectivity index (χ0n) is 7.21. The van der Waals surface area contributed by atoms with Crippen LogP contribution in [0.1, 0.15) is 6.92 Å². The van der Waals surface area contributed by atoms with Gasteiger partial charge in [0, 0.05) is 24.8 Å². The van der Waals surface area contributed by atoms with Crippen LogP contribution in [0.2, 0.25) is 0 Å². The van der Waals surface area contributed by atoms with E-state index in [1.807, 2.05) is 23.1 Å². The van der Waals surface area contributed by atoms with Crippen LogP contribution in [0.15, 0.2) is 32.9 Å². The summed E-state index contributed by atoms with van der Waals surface area (Å²) in [6.45, 7) is 2.19. The molecule has 2 aromatic rings. The third-order valence-corrected chi connectivity index (χ3v) is 4.33. The van der Waals surface area contributed by atoms with Gasteiger partial charge >= 0.3 is 0 Å². The smallest absolute Gasteiger partial charge is 0.0365 e. The van der Waals surface area contributed by atoms with E-state index >= 15 is 0 Å². The molecular formula is C10H9BrS2. The molecule has 0 N–H and O–H groups in total. The van der Waals surface area contributed by atoms with Gasteiger partial charge in [-0.15, -0.1) is 23.1 Å². The number of benzene rings is 1. The van der Waals surface area contributed by atoms with Crippen molar-refractivity contribution < 1.29 is 0 Å². The molecule has 0 atom stereocenters. The molecular weight excluding hydrogens is 264 g/mol. The standard InChI is InChI=1S/C10H9BrS2/c1-2-12-10-6-13-9-5-7(11)3-4-8(9)10/h3-6H,2H2,1H3. The topological polar surface area (TPSA) is 0 Å². The van der Waals surface area contributed by atoms with Crippen molar-refractivity contribution in [3.63, 3.8) is 0 Å². The minimum Gasteiger partial charge on any atom is -0.143 e. The number of hydrogen-bond acceptors (Lipinski definition) is 2. The second-order valence-corrected chi connectivity index (χ2v) is 5.81. The molecule has 0 saturated carbocycles. The van der Waals surface area contributed by atoms with E-state index in [0.717, 1.165) is 10.2 Å². The summed E-state index contributed by atoms with van der Waals surface area (Å²) in [6, 6.07) is 6.47. The molecule has 0 spiro atoms. The van der Waals surface area contributed by atoms with Gasteiger partial charge < -0.3 is 0 Å². The average Bonchev–Trinajstić information content (AvgIpc) is 2.49. The predicted molar refractivity (Wildman–Crippen MR) is 65.9 cm³/mol. The quantitative estimate of drug-likeness (QED) is 0.710. The molecule has 68 valence electrons. The SMILES string of the molecule is CCSc1csc2cc(Br)ccc12. The van der Waals surface area contributed by atoms with Gasteiger partial charge in [-0.2, -0.15) is 0 Å². The monoisotopic (exact) mass is 272 g/mol. The number of thioether (sulfide) groups is 1. The van der Waals surface area contributed by atoms with E-state index in [0.29, 0.717) is 0 Å². The minimum atomic E-state index is 1.14. The molecule has 0 amide bonds. The molecule has 0 aliphatic rings. The van der Waals surface area contributed by atoms with E-state index in [9.17, 15) is 0 Å². The van der Waals surface area contributed by atoms with Crippen molar-refractivity contribution in [2.75, 3.05) is 5.75 Å². The molecule has 0 saturated heterocycles. The molecule has 2 rings (SSSR count). The fourth-order valence-electron chi connectivity index (χ4n) is 1.24. The Balaban J connectivity index is 2.55. The summed E-state index contributed by atoms with van der Waals surface area (Å²) < 4.78 is 2.53. The molecule has 0 nitrogen and oxygen atoms in total. The van der Waals surface area contributed by atoms with Crippen LogP contribution in [0.4, 0.5) is 0 Å². The highest BCUT2D eigenvalue weighted by Gasteiger charge is 2.03. The van der Waals surface area contributed by atoms with Gasteiger partial charge in [0.2, 0.25) is 0 Å². The zero-order valence-corrected chi connectivity index (χ0v) is 10.4. The van der Waals surface area contributed by atoms with E-state index in [4.69, 9.17) is 0 Å². The molecule has 0 unspecified atom stereocenters. The maximum absolute atomic E-state index is 3.48. The lowest BCUT2D eigenvalue weighted by Gasteiger charge is -1.95. The Hall–Kier alpha value is 0.01000. The van der Waals surface area contributed by atoms with Crippen LogP contribution in [0.5, 0.6) is 0 Å². The van der Waals surface area contributed by atoms with Crippen molar-refractivity contribution in [3.8, 4) is 0 Å². The summed E-state index contributed by atoms with van der Waals surface area (Å²) in [7, 11) is 0. The summed E-state index contributed by atoms with van der Waals surface area (Å²) in [6.07, 6.45) is 0. The predicted octanol–water partition coefficient (Wildman–Crippen LogP) is 4.78. The highest BCUT2D eigenvalue weighted by Crippen LogP contribution is 2.34. The lowest BCUT2D eigenvalue weighted by Crippen LogP contribution is -1.69. The number of fused-ring (bicyclic) bond motifs is 1. The third-order valence-electron chi connectivity index (χ3n) is 1.80. The first kappa shape index (κ1) is 9.56. The molecule has 0 aliphatic carbocycles. The first-order valence-electron chi connectivity index (χ1n) is 4.11. The number of rotatable bonds is 2. The highest BCUT2D eigenvalue weighted by atomic mass is 79.9. The van der Waals surface area contributed by atoms with Crippen LogP contribution < -0.4 is 0 Å². The number of thiophene rings is 1. The van der Waals surface area contributed by atoms with Crippen molar-refractivity contribution in [2.45, 2.75) is 11.8 Å². The summed E-state index contributed by atoms with van der Waals surface area (Å²) in [5, 5.41) is 3.63. The third kappa shape index (κ3) is 1.92. The Morgan fingerprint density at radius 1 is 1.46 bits per heavy atom. The van der Waals surface area contributed by atoms with E-state index in [1.54, 1.807) is 0 Å². The van der Waals surface area contributed by atoms with Gasteiger partial charge in [0.15, 0.2) is 0 Å². The molecule has 1 aromatic heterocycles. The Kier molecular flexibility index (Phi) is 2.96. The maximum atomic E-state index is 3.48. The van der Waals surface area contributed by atoms with Gasteiger partial charge in [-0.3, -0.25) is 0 Å². The van der Waals surface area contributed by atoms with Crippen LogP contribution in [0.25, 0.3) is 10.1 Å². The summed E-state index contributed by atoms with van der Waals surface area (Å²) >= 11 is 7.21. The second kappa shape index (κ2) is 4.03. The van der Waals surface area contributed by atoms with Gasteiger partial charge in [0.25, 0.3) is 0 Å². The molecule has 0 fully saturated rings. The fourth-order valence-corrected chi connectivity index (χ4v) is 3.74.